The number of nitrogens with one attached hydrogen (secondary N) is 1. The zero-order valence-electron chi connectivity index (χ0n) is 22.2. The Morgan fingerprint density at radius 2 is 1.41 bits per heavy atom. The lowest BCUT2D eigenvalue weighted by molar-refractivity contribution is -0.114. The van der Waals surface area contributed by atoms with Crippen LogP contribution < -0.4 is 19.7 Å². The van der Waals surface area contributed by atoms with Gasteiger partial charge in [-0.05, 0) is 80.6 Å². The van der Waals surface area contributed by atoms with Crippen LogP contribution in [0.25, 0.3) is 0 Å². The predicted octanol–water partition coefficient (Wildman–Crippen LogP) is 5.14. The van der Waals surface area contributed by atoms with Crippen LogP contribution in [-0.2, 0) is 14.3 Å². The molecule has 0 saturated heterocycles. The van der Waals surface area contributed by atoms with Gasteiger partial charge in [-0.25, -0.2) is 9.59 Å². The van der Waals surface area contributed by atoms with Crippen molar-refractivity contribution < 1.29 is 33.3 Å². The summed E-state index contributed by atoms with van der Waals surface area (Å²) in [6.45, 7) is 4.04. The molecule has 0 spiro atoms. The van der Waals surface area contributed by atoms with Crippen LogP contribution in [0.2, 0.25) is 0 Å². The molecule has 1 atom stereocenters. The topological polar surface area (TPSA) is 103 Å². The fourth-order valence-corrected chi connectivity index (χ4v) is 4.26. The second-order valence-electron chi connectivity index (χ2n) is 8.50. The molecule has 0 unspecified atom stereocenters. The zero-order valence-corrected chi connectivity index (χ0v) is 22.2. The van der Waals surface area contributed by atoms with Crippen molar-refractivity contribution in [2.24, 2.45) is 0 Å². The van der Waals surface area contributed by atoms with Crippen LogP contribution in [0.15, 0.2) is 78.5 Å². The van der Waals surface area contributed by atoms with Crippen LogP contribution in [0.5, 0.6) is 11.5 Å². The molecule has 3 aromatic carbocycles. The average molecular weight is 531 g/mol. The predicted molar refractivity (Wildman–Crippen MR) is 146 cm³/mol. The second kappa shape index (κ2) is 12.2. The highest BCUT2D eigenvalue weighted by Gasteiger charge is 2.36. The number of amides is 1. The first-order chi connectivity index (χ1) is 18.9. The number of carbonyl (C=O) groups is 3. The molecule has 1 aliphatic heterocycles. The summed E-state index contributed by atoms with van der Waals surface area (Å²) in [7, 11) is 3.13. The quantitative estimate of drug-likeness (QED) is 0.360. The first-order valence-electron chi connectivity index (χ1n) is 12.5. The van der Waals surface area contributed by atoms with E-state index >= 15 is 0 Å². The van der Waals surface area contributed by atoms with Crippen LogP contribution in [0.4, 0.5) is 11.4 Å². The minimum atomic E-state index is -0.520. The standard InChI is InChI=1S/C30H30N2O7/c1-5-38-29(34)19-7-11-21(12-8-19)31-25-18-26(24-16-15-23(36-3)17-27(24)37-4)32(28(25)33)22-13-9-20(10-14-22)30(35)39-6-2/h7-18,26,31H,5-6H2,1-4H3/t26-/m0/s1. The van der Waals surface area contributed by atoms with Crippen molar-refractivity contribution in [2.45, 2.75) is 19.9 Å². The third-order valence-corrected chi connectivity index (χ3v) is 6.14. The van der Waals surface area contributed by atoms with E-state index in [0.29, 0.717) is 39.7 Å². The molecule has 1 aliphatic rings. The van der Waals surface area contributed by atoms with Gasteiger partial charge in [0, 0.05) is 23.0 Å². The van der Waals surface area contributed by atoms with Gasteiger partial charge >= 0.3 is 11.9 Å². The monoisotopic (exact) mass is 530 g/mol. The van der Waals surface area contributed by atoms with E-state index in [-0.39, 0.29) is 19.1 Å². The third kappa shape index (κ3) is 5.87. The van der Waals surface area contributed by atoms with E-state index in [2.05, 4.69) is 5.32 Å². The van der Waals surface area contributed by atoms with Gasteiger partial charge in [0.1, 0.15) is 17.2 Å². The number of benzene rings is 3. The maximum Gasteiger partial charge on any atom is 0.338 e. The number of anilines is 2. The Labute approximate surface area is 226 Å². The lowest BCUT2D eigenvalue weighted by atomic mass is 10.0. The summed E-state index contributed by atoms with van der Waals surface area (Å²) >= 11 is 0. The van der Waals surface area contributed by atoms with Gasteiger partial charge in [0.15, 0.2) is 0 Å². The van der Waals surface area contributed by atoms with Crippen LogP contribution in [0.1, 0.15) is 46.2 Å². The van der Waals surface area contributed by atoms with Gasteiger partial charge in [-0.1, -0.05) is 0 Å². The van der Waals surface area contributed by atoms with Crippen molar-refractivity contribution in [3.63, 3.8) is 0 Å². The van der Waals surface area contributed by atoms with E-state index in [0.717, 1.165) is 5.56 Å². The number of ether oxygens (including phenoxy) is 4. The van der Waals surface area contributed by atoms with Crippen LogP contribution >= 0.6 is 0 Å². The number of carbonyl (C=O) groups excluding carboxylic acids is 3. The van der Waals surface area contributed by atoms with Gasteiger partial charge in [0.2, 0.25) is 0 Å². The average Bonchev–Trinajstić information content (AvgIpc) is 3.28. The molecular weight excluding hydrogens is 500 g/mol. The largest absolute Gasteiger partial charge is 0.497 e. The Hall–Kier alpha value is -4.79. The van der Waals surface area contributed by atoms with Crippen LogP contribution in [0, 0.1) is 0 Å². The summed E-state index contributed by atoms with van der Waals surface area (Å²) in [5, 5.41) is 3.17. The lowest BCUT2D eigenvalue weighted by Gasteiger charge is -2.26. The number of rotatable bonds is 10. The number of nitrogens with zero attached hydrogens (tertiary/aromatic N) is 1. The minimum Gasteiger partial charge on any atom is -0.497 e. The Bertz CT molecular complexity index is 1380. The molecule has 0 aliphatic carbocycles. The normalized spacial score (nSPS) is 14.5. The molecule has 4 rings (SSSR count). The Morgan fingerprint density at radius 3 is 1.95 bits per heavy atom. The molecule has 39 heavy (non-hydrogen) atoms. The highest BCUT2D eigenvalue weighted by atomic mass is 16.5. The highest BCUT2D eigenvalue weighted by Crippen LogP contribution is 2.41. The molecular formula is C30H30N2O7. The Balaban J connectivity index is 1.69. The fraction of sp³-hybridized carbons (Fsp3) is 0.233. The summed E-state index contributed by atoms with van der Waals surface area (Å²) in [5.41, 5.74) is 3.10. The minimum absolute atomic E-state index is 0.268. The van der Waals surface area contributed by atoms with Gasteiger partial charge in [-0.15, -0.1) is 0 Å². The SMILES string of the molecule is CCOC(=O)c1ccc(NC2=C[C@@H](c3ccc(OC)cc3OC)N(c3ccc(C(=O)OCC)cc3)C2=O)cc1. The Kier molecular flexibility index (Phi) is 8.50. The summed E-state index contributed by atoms with van der Waals surface area (Å²) < 4.78 is 21.1. The molecule has 0 fully saturated rings. The van der Waals surface area contributed by atoms with E-state index in [1.807, 2.05) is 12.1 Å². The fourth-order valence-electron chi connectivity index (χ4n) is 4.26. The Morgan fingerprint density at radius 1 is 0.821 bits per heavy atom. The zero-order chi connectivity index (χ0) is 27.9. The molecule has 1 amide bonds. The first kappa shape index (κ1) is 27.3. The number of methoxy groups -OCH3 is 2. The van der Waals surface area contributed by atoms with Crippen molar-refractivity contribution in [1.29, 1.82) is 0 Å². The van der Waals surface area contributed by atoms with E-state index in [9.17, 15) is 14.4 Å². The van der Waals surface area contributed by atoms with E-state index < -0.39 is 18.0 Å². The highest BCUT2D eigenvalue weighted by molar-refractivity contribution is 6.11. The molecule has 1 N–H and O–H groups in total. The van der Waals surface area contributed by atoms with Gasteiger partial charge < -0.3 is 24.3 Å². The van der Waals surface area contributed by atoms with E-state index in [1.165, 1.54) is 0 Å². The number of esters is 2. The summed E-state index contributed by atoms with van der Waals surface area (Å²) in [6, 6.07) is 18.2. The third-order valence-electron chi connectivity index (χ3n) is 6.14. The summed E-state index contributed by atoms with van der Waals surface area (Å²) in [5.74, 6) is 0.0447. The van der Waals surface area contributed by atoms with Gasteiger partial charge in [0.05, 0.1) is 44.6 Å². The molecule has 0 radical (unpaired) electrons. The van der Waals surface area contributed by atoms with Crippen molar-refractivity contribution in [3.8, 4) is 11.5 Å². The van der Waals surface area contributed by atoms with Gasteiger partial charge in [-0.3, -0.25) is 9.69 Å². The first-order valence-corrected chi connectivity index (χ1v) is 12.5. The molecule has 9 nitrogen and oxygen atoms in total. The van der Waals surface area contributed by atoms with E-state index in [1.54, 1.807) is 93.6 Å². The summed E-state index contributed by atoms with van der Waals surface area (Å²) in [4.78, 5) is 39.5. The maximum absolute atomic E-state index is 13.8. The van der Waals surface area contributed by atoms with E-state index in [4.69, 9.17) is 18.9 Å². The molecule has 0 bridgehead atoms. The number of hydrogen-bond acceptors (Lipinski definition) is 8. The lowest BCUT2D eigenvalue weighted by Crippen LogP contribution is -2.31. The van der Waals surface area contributed by atoms with Crippen LogP contribution in [-0.4, -0.2) is 45.3 Å². The molecule has 3 aromatic rings. The molecule has 0 saturated carbocycles. The molecule has 9 heteroatoms. The second-order valence-corrected chi connectivity index (χ2v) is 8.50. The van der Waals surface area contributed by atoms with Gasteiger partial charge in [-0.2, -0.15) is 0 Å². The molecule has 202 valence electrons. The maximum atomic E-state index is 13.8. The summed E-state index contributed by atoms with van der Waals surface area (Å²) in [6.07, 6.45) is 1.81. The molecule has 1 heterocycles. The van der Waals surface area contributed by atoms with Crippen molar-refractivity contribution >= 4 is 29.2 Å². The van der Waals surface area contributed by atoms with Crippen molar-refractivity contribution in [2.75, 3.05) is 37.7 Å². The molecule has 0 aromatic heterocycles. The smallest absolute Gasteiger partial charge is 0.338 e. The number of hydrogen-bond donors (Lipinski definition) is 1. The van der Waals surface area contributed by atoms with Gasteiger partial charge in [0.25, 0.3) is 5.91 Å². The van der Waals surface area contributed by atoms with Crippen molar-refractivity contribution in [3.05, 3.63) is 95.2 Å². The van der Waals surface area contributed by atoms with Crippen molar-refractivity contribution in [1.82, 2.24) is 0 Å². The van der Waals surface area contributed by atoms with Crippen LogP contribution in [0.3, 0.4) is 0 Å².